The van der Waals surface area contributed by atoms with Crippen LogP contribution in [-0.2, 0) is 33.2 Å². The number of benzene rings is 1. The van der Waals surface area contributed by atoms with Crippen LogP contribution in [0.4, 0.5) is 0 Å². The zero-order valence-electron chi connectivity index (χ0n) is 20.1. The molecule has 0 N–H and O–H groups in total. The Balaban J connectivity index is 1.50. The Morgan fingerprint density at radius 1 is 1.15 bits per heavy atom. The molecule has 1 aliphatic rings. The number of rotatable bonds is 4. The second-order valence-corrected chi connectivity index (χ2v) is 10.3. The van der Waals surface area contributed by atoms with Crippen molar-refractivity contribution in [3.05, 3.63) is 70.2 Å². The molecule has 0 saturated carbocycles. The summed E-state index contributed by atoms with van der Waals surface area (Å²) < 4.78 is 5.57. The maximum absolute atomic E-state index is 12.9. The van der Waals surface area contributed by atoms with Gasteiger partial charge in [-0.05, 0) is 35.2 Å². The van der Waals surface area contributed by atoms with Crippen LogP contribution >= 0.6 is 0 Å². The van der Waals surface area contributed by atoms with Crippen molar-refractivity contribution in [3.8, 4) is 17.3 Å². The number of imidazole rings is 2. The molecule has 0 atom stereocenters. The third-order valence-electron chi connectivity index (χ3n) is 6.32. The van der Waals surface area contributed by atoms with E-state index in [1.807, 2.05) is 36.7 Å². The van der Waals surface area contributed by atoms with Crippen molar-refractivity contribution in [2.75, 3.05) is 6.54 Å². The van der Waals surface area contributed by atoms with E-state index < -0.39 is 0 Å². The molecule has 0 amide bonds. The van der Waals surface area contributed by atoms with Crippen molar-refractivity contribution in [2.24, 2.45) is 12.5 Å². The van der Waals surface area contributed by atoms with Crippen molar-refractivity contribution in [2.45, 2.75) is 47.0 Å². The van der Waals surface area contributed by atoms with Gasteiger partial charge in [-0.15, -0.1) is 0 Å². The van der Waals surface area contributed by atoms with E-state index >= 15 is 0 Å². The van der Waals surface area contributed by atoms with E-state index in [1.54, 1.807) is 16.2 Å². The first-order valence-corrected chi connectivity index (χ1v) is 11.6. The Kier molecular flexibility index (Phi) is 5.37. The SMILES string of the molecule is Cn1c(=O)n(CC(C)(C)C)c2ccc(-c3cc(CN4CCn5ccnc5C4)ccc3C#N)nc21. The van der Waals surface area contributed by atoms with Gasteiger partial charge in [0.05, 0.1) is 29.4 Å². The van der Waals surface area contributed by atoms with E-state index in [1.165, 1.54) is 0 Å². The summed E-state index contributed by atoms with van der Waals surface area (Å²) in [6.07, 6.45) is 3.87. The van der Waals surface area contributed by atoms with Crippen LogP contribution in [0.1, 0.15) is 37.7 Å². The number of fused-ring (bicyclic) bond motifs is 2. The minimum atomic E-state index is -0.0766. The van der Waals surface area contributed by atoms with Gasteiger partial charge < -0.3 is 4.57 Å². The van der Waals surface area contributed by atoms with E-state index in [2.05, 4.69) is 47.4 Å². The van der Waals surface area contributed by atoms with Gasteiger partial charge in [0.15, 0.2) is 5.65 Å². The van der Waals surface area contributed by atoms with Gasteiger partial charge in [0.25, 0.3) is 0 Å². The zero-order chi connectivity index (χ0) is 24.0. The van der Waals surface area contributed by atoms with E-state index in [9.17, 15) is 10.1 Å². The van der Waals surface area contributed by atoms with Crippen molar-refractivity contribution >= 4 is 11.2 Å². The van der Waals surface area contributed by atoms with E-state index in [0.717, 1.165) is 48.6 Å². The van der Waals surface area contributed by atoms with Gasteiger partial charge in [0.1, 0.15) is 5.82 Å². The number of nitriles is 1. The fourth-order valence-electron chi connectivity index (χ4n) is 4.67. The number of hydrogen-bond donors (Lipinski definition) is 0. The lowest BCUT2D eigenvalue weighted by molar-refractivity contribution is 0.209. The molecule has 0 bridgehead atoms. The maximum atomic E-state index is 12.9. The average molecular weight is 456 g/mol. The van der Waals surface area contributed by atoms with Crippen LogP contribution in [0.3, 0.4) is 0 Å². The number of nitrogens with zero attached hydrogens (tertiary/aromatic N) is 7. The summed E-state index contributed by atoms with van der Waals surface area (Å²) >= 11 is 0. The van der Waals surface area contributed by atoms with Crippen LogP contribution in [0.5, 0.6) is 0 Å². The van der Waals surface area contributed by atoms with Gasteiger partial charge in [0.2, 0.25) is 0 Å². The summed E-state index contributed by atoms with van der Waals surface area (Å²) in [5.41, 5.74) is 4.50. The smallest absolute Gasteiger partial charge is 0.330 e. The van der Waals surface area contributed by atoms with Crippen LogP contribution in [0.2, 0.25) is 0 Å². The highest BCUT2D eigenvalue weighted by molar-refractivity contribution is 5.78. The fraction of sp³-hybridized carbons (Fsp3) is 0.385. The molecule has 4 aromatic rings. The van der Waals surface area contributed by atoms with Crippen LogP contribution in [0.25, 0.3) is 22.4 Å². The lowest BCUT2D eigenvalue weighted by atomic mass is 9.97. The predicted octanol–water partition coefficient (Wildman–Crippen LogP) is 3.53. The topological polar surface area (TPSA) is 84.7 Å². The molecule has 4 heterocycles. The number of aromatic nitrogens is 5. The molecule has 0 radical (unpaired) electrons. The van der Waals surface area contributed by atoms with Crippen molar-refractivity contribution in [3.63, 3.8) is 0 Å². The molecular weight excluding hydrogens is 426 g/mol. The van der Waals surface area contributed by atoms with E-state index in [4.69, 9.17) is 4.98 Å². The highest BCUT2D eigenvalue weighted by Gasteiger charge is 2.20. The standard InChI is InChI=1S/C26H29N7O/c1-26(2,3)17-33-22-8-7-21(29-24(22)30(4)25(33)34)20-13-18(5-6-19(20)14-27)15-31-11-12-32-10-9-28-23(32)16-31/h5-10,13H,11-12,15-17H2,1-4H3. The molecule has 0 fully saturated rings. The molecule has 1 aromatic carbocycles. The molecule has 8 nitrogen and oxygen atoms in total. The summed E-state index contributed by atoms with van der Waals surface area (Å²) in [5, 5.41) is 9.76. The van der Waals surface area contributed by atoms with E-state index in [0.29, 0.717) is 23.4 Å². The normalized spacial score (nSPS) is 14.3. The second-order valence-electron chi connectivity index (χ2n) is 10.3. The Morgan fingerprint density at radius 2 is 1.97 bits per heavy atom. The Labute approximate surface area is 198 Å². The van der Waals surface area contributed by atoms with E-state index in [-0.39, 0.29) is 11.1 Å². The number of pyridine rings is 1. The van der Waals surface area contributed by atoms with Gasteiger partial charge in [-0.3, -0.25) is 14.0 Å². The summed E-state index contributed by atoms with van der Waals surface area (Å²) in [6.45, 7) is 10.4. The number of hydrogen-bond acceptors (Lipinski definition) is 5. The van der Waals surface area contributed by atoms with Crippen LogP contribution < -0.4 is 5.69 Å². The molecule has 3 aromatic heterocycles. The van der Waals surface area contributed by atoms with Gasteiger partial charge in [-0.1, -0.05) is 26.8 Å². The molecule has 0 spiro atoms. The van der Waals surface area contributed by atoms with Crippen molar-refractivity contribution in [1.82, 2.24) is 28.6 Å². The van der Waals surface area contributed by atoms with Gasteiger partial charge in [0, 0.05) is 51.2 Å². The Hall–Kier alpha value is -3.70. The maximum Gasteiger partial charge on any atom is 0.330 e. The molecule has 34 heavy (non-hydrogen) atoms. The second kappa shape index (κ2) is 8.26. The zero-order valence-corrected chi connectivity index (χ0v) is 20.1. The summed E-state index contributed by atoms with van der Waals surface area (Å²) in [5.74, 6) is 1.08. The highest BCUT2D eigenvalue weighted by atomic mass is 16.1. The average Bonchev–Trinajstić information content (AvgIpc) is 3.36. The number of aryl methyl sites for hydroxylation is 1. The fourth-order valence-corrected chi connectivity index (χ4v) is 4.67. The minimum Gasteiger partial charge on any atom is -0.333 e. The lowest BCUT2D eigenvalue weighted by Gasteiger charge is -2.27. The minimum absolute atomic E-state index is 0.0370. The Bertz CT molecular complexity index is 1480. The van der Waals surface area contributed by atoms with Gasteiger partial charge >= 0.3 is 5.69 Å². The van der Waals surface area contributed by atoms with Crippen LogP contribution in [0, 0.1) is 16.7 Å². The summed E-state index contributed by atoms with van der Waals surface area (Å²) in [6, 6.07) is 12.1. The monoisotopic (exact) mass is 455 g/mol. The third kappa shape index (κ3) is 4.03. The van der Waals surface area contributed by atoms with Gasteiger partial charge in [-0.2, -0.15) is 5.26 Å². The van der Waals surface area contributed by atoms with Crippen LogP contribution in [0.15, 0.2) is 47.5 Å². The summed E-state index contributed by atoms with van der Waals surface area (Å²) in [4.78, 5) is 24.6. The molecule has 0 saturated heterocycles. The quantitative estimate of drug-likeness (QED) is 0.470. The first-order valence-electron chi connectivity index (χ1n) is 11.6. The third-order valence-corrected chi connectivity index (χ3v) is 6.32. The van der Waals surface area contributed by atoms with Crippen molar-refractivity contribution in [1.29, 1.82) is 5.26 Å². The Morgan fingerprint density at radius 3 is 2.74 bits per heavy atom. The van der Waals surface area contributed by atoms with Gasteiger partial charge in [-0.25, -0.2) is 14.8 Å². The largest absolute Gasteiger partial charge is 0.333 e. The highest BCUT2D eigenvalue weighted by Crippen LogP contribution is 2.27. The molecule has 8 heteroatoms. The molecular formula is C26H29N7O. The predicted molar refractivity (Wildman–Crippen MR) is 131 cm³/mol. The first-order chi connectivity index (χ1) is 16.2. The molecule has 1 aliphatic heterocycles. The lowest BCUT2D eigenvalue weighted by Crippen LogP contribution is -2.33. The molecule has 174 valence electrons. The first kappa shape index (κ1) is 22.1. The molecule has 0 aliphatic carbocycles. The van der Waals surface area contributed by atoms with Crippen molar-refractivity contribution < 1.29 is 0 Å². The summed E-state index contributed by atoms with van der Waals surface area (Å²) in [7, 11) is 1.75. The van der Waals surface area contributed by atoms with Crippen LogP contribution in [-0.4, -0.2) is 35.1 Å². The molecule has 5 rings (SSSR count). The molecule has 0 unspecified atom stereocenters.